The molecule has 1 aliphatic heterocycles. The first-order chi connectivity index (χ1) is 9.11. The molecule has 6 nitrogen and oxygen atoms in total. The van der Waals surface area contributed by atoms with Gasteiger partial charge in [0.15, 0.2) is 0 Å². The number of aromatic nitrogens is 2. The fourth-order valence-electron chi connectivity index (χ4n) is 2.59. The van der Waals surface area contributed by atoms with E-state index < -0.39 is 0 Å². The second-order valence-corrected chi connectivity index (χ2v) is 4.98. The Morgan fingerprint density at radius 2 is 2.32 bits per heavy atom. The maximum absolute atomic E-state index is 7.30. The molecular formula is C13H22N6. The highest BCUT2D eigenvalue weighted by atomic mass is 15.2. The van der Waals surface area contributed by atoms with Crippen molar-refractivity contribution in [1.29, 1.82) is 5.41 Å². The number of hydrogen-bond acceptors (Lipinski definition) is 5. The molecule has 1 fully saturated rings. The van der Waals surface area contributed by atoms with Gasteiger partial charge in [-0.05, 0) is 25.9 Å². The van der Waals surface area contributed by atoms with Crippen molar-refractivity contribution < 1.29 is 0 Å². The molecule has 3 N–H and O–H groups in total. The van der Waals surface area contributed by atoms with Gasteiger partial charge >= 0.3 is 0 Å². The third-order valence-corrected chi connectivity index (χ3v) is 3.70. The number of amidine groups is 1. The van der Waals surface area contributed by atoms with Gasteiger partial charge in [0.2, 0.25) is 0 Å². The minimum atomic E-state index is -0.0466. The average Bonchev–Trinajstić information content (AvgIpc) is 2.86. The molecule has 104 valence electrons. The van der Waals surface area contributed by atoms with E-state index in [0.29, 0.717) is 11.7 Å². The summed E-state index contributed by atoms with van der Waals surface area (Å²) in [6.45, 7) is 5.47. The number of likely N-dealkylation sites (N-methyl/N-ethyl adjacent to an activating group) is 2. The molecule has 0 spiro atoms. The maximum Gasteiger partial charge on any atom is 0.146 e. The summed E-state index contributed by atoms with van der Waals surface area (Å²) in [6.07, 6.45) is 5.76. The largest absolute Gasteiger partial charge is 0.382 e. The lowest BCUT2D eigenvalue weighted by Crippen LogP contribution is -2.39. The van der Waals surface area contributed by atoms with Crippen LogP contribution < -0.4 is 10.6 Å². The van der Waals surface area contributed by atoms with E-state index in [4.69, 9.17) is 11.1 Å². The molecule has 19 heavy (non-hydrogen) atoms. The van der Waals surface area contributed by atoms with Gasteiger partial charge in [0.05, 0.1) is 12.4 Å². The van der Waals surface area contributed by atoms with Crippen LogP contribution in [0.25, 0.3) is 0 Å². The third kappa shape index (κ3) is 3.20. The van der Waals surface area contributed by atoms with E-state index >= 15 is 0 Å². The lowest BCUT2D eigenvalue weighted by Gasteiger charge is -2.28. The Morgan fingerprint density at radius 3 is 2.89 bits per heavy atom. The Kier molecular flexibility index (Phi) is 4.31. The molecule has 0 aliphatic carbocycles. The van der Waals surface area contributed by atoms with Crippen molar-refractivity contribution in [2.45, 2.75) is 25.8 Å². The van der Waals surface area contributed by atoms with Crippen LogP contribution in [0.15, 0.2) is 12.4 Å². The highest BCUT2D eigenvalue weighted by molar-refractivity contribution is 5.92. The van der Waals surface area contributed by atoms with Gasteiger partial charge in [0.1, 0.15) is 17.3 Å². The highest BCUT2D eigenvalue weighted by Gasteiger charge is 2.24. The Morgan fingerprint density at radius 1 is 1.53 bits per heavy atom. The number of nitrogens with one attached hydrogen (secondary N) is 1. The molecule has 0 bridgehead atoms. The van der Waals surface area contributed by atoms with Crippen LogP contribution in [0, 0.1) is 5.41 Å². The Bertz CT molecular complexity index is 429. The zero-order valence-electron chi connectivity index (χ0n) is 11.6. The van der Waals surface area contributed by atoms with Crippen LogP contribution in [0.5, 0.6) is 0 Å². The molecule has 1 aliphatic rings. The number of rotatable bonds is 5. The van der Waals surface area contributed by atoms with Gasteiger partial charge in [0, 0.05) is 19.6 Å². The molecular weight excluding hydrogens is 240 g/mol. The second-order valence-electron chi connectivity index (χ2n) is 4.98. The first kappa shape index (κ1) is 13.7. The monoisotopic (exact) mass is 262 g/mol. The molecule has 2 rings (SSSR count). The third-order valence-electron chi connectivity index (χ3n) is 3.70. The number of nitrogen functional groups attached to an aromatic ring is 1. The first-order valence-electron chi connectivity index (χ1n) is 6.73. The second kappa shape index (κ2) is 5.97. The lowest BCUT2D eigenvalue weighted by molar-refractivity contribution is 0.270. The van der Waals surface area contributed by atoms with Gasteiger partial charge in [0.25, 0.3) is 0 Å². The number of likely N-dealkylation sites (tertiary alicyclic amines) is 1. The van der Waals surface area contributed by atoms with Gasteiger partial charge in [-0.1, -0.05) is 6.92 Å². The minimum absolute atomic E-state index is 0.0466. The van der Waals surface area contributed by atoms with Gasteiger partial charge in [-0.3, -0.25) is 10.3 Å². The Hall–Kier alpha value is -1.69. The topological polar surface area (TPSA) is 82.1 Å². The SMILES string of the molecule is CCN1CCCC1CN(C)c1cnc(C(=N)N)cn1. The van der Waals surface area contributed by atoms with Gasteiger partial charge in [-0.2, -0.15) is 0 Å². The summed E-state index contributed by atoms with van der Waals surface area (Å²) < 4.78 is 0. The molecule has 6 heteroatoms. The summed E-state index contributed by atoms with van der Waals surface area (Å²) in [5.41, 5.74) is 5.79. The van der Waals surface area contributed by atoms with Crippen LogP contribution in [0.1, 0.15) is 25.5 Å². The van der Waals surface area contributed by atoms with Gasteiger partial charge < -0.3 is 10.6 Å². The van der Waals surface area contributed by atoms with E-state index in [-0.39, 0.29) is 5.84 Å². The summed E-state index contributed by atoms with van der Waals surface area (Å²) in [4.78, 5) is 13.1. The molecule has 1 aromatic heterocycles. The van der Waals surface area contributed by atoms with Crippen molar-refractivity contribution in [3.8, 4) is 0 Å². The molecule has 1 atom stereocenters. The molecule has 1 unspecified atom stereocenters. The van der Waals surface area contributed by atoms with Crippen LogP contribution in [0.3, 0.4) is 0 Å². The number of nitrogens with zero attached hydrogens (tertiary/aromatic N) is 4. The smallest absolute Gasteiger partial charge is 0.146 e. The standard InChI is InChI=1S/C13H22N6/c1-3-19-6-4-5-10(19)9-18(2)12-8-16-11(7-17-12)13(14)15/h7-8,10H,3-6,9H2,1-2H3,(H3,14,15). The zero-order valence-corrected chi connectivity index (χ0v) is 11.6. The summed E-state index contributed by atoms with van der Waals surface area (Å²) in [6, 6.07) is 0.601. The summed E-state index contributed by atoms with van der Waals surface area (Å²) in [7, 11) is 2.03. The fourth-order valence-corrected chi connectivity index (χ4v) is 2.59. The minimum Gasteiger partial charge on any atom is -0.382 e. The molecule has 0 saturated carbocycles. The van der Waals surface area contributed by atoms with E-state index in [2.05, 4.69) is 26.7 Å². The highest BCUT2D eigenvalue weighted by Crippen LogP contribution is 2.19. The van der Waals surface area contributed by atoms with Crippen LogP contribution in [-0.4, -0.2) is 53.4 Å². The van der Waals surface area contributed by atoms with E-state index in [9.17, 15) is 0 Å². The van der Waals surface area contributed by atoms with Crippen LogP contribution in [0.2, 0.25) is 0 Å². The molecule has 0 aromatic carbocycles. The molecule has 0 radical (unpaired) electrons. The van der Waals surface area contributed by atoms with E-state index in [1.54, 1.807) is 12.4 Å². The van der Waals surface area contributed by atoms with Crippen molar-refractivity contribution in [3.63, 3.8) is 0 Å². The van der Waals surface area contributed by atoms with E-state index in [0.717, 1.165) is 18.9 Å². The number of anilines is 1. The van der Waals surface area contributed by atoms with Crippen LogP contribution in [-0.2, 0) is 0 Å². The molecule has 2 heterocycles. The van der Waals surface area contributed by atoms with Crippen molar-refractivity contribution in [2.75, 3.05) is 31.6 Å². The quantitative estimate of drug-likeness (QED) is 0.602. The van der Waals surface area contributed by atoms with Gasteiger partial charge in [-0.25, -0.2) is 9.97 Å². The maximum atomic E-state index is 7.30. The summed E-state index contributed by atoms with van der Waals surface area (Å²) in [5, 5.41) is 7.30. The lowest BCUT2D eigenvalue weighted by atomic mass is 10.2. The number of hydrogen-bond donors (Lipinski definition) is 2. The summed E-state index contributed by atoms with van der Waals surface area (Å²) in [5.74, 6) is 0.780. The average molecular weight is 262 g/mol. The Balaban J connectivity index is 1.99. The zero-order chi connectivity index (χ0) is 13.8. The normalized spacial score (nSPS) is 19.6. The van der Waals surface area contributed by atoms with Gasteiger partial charge in [-0.15, -0.1) is 0 Å². The van der Waals surface area contributed by atoms with E-state index in [1.807, 2.05) is 7.05 Å². The van der Waals surface area contributed by atoms with Crippen molar-refractivity contribution >= 4 is 11.7 Å². The van der Waals surface area contributed by atoms with Crippen molar-refractivity contribution in [2.24, 2.45) is 5.73 Å². The molecule has 1 saturated heterocycles. The first-order valence-corrected chi connectivity index (χ1v) is 6.73. The van der Waals surface area contributed by atoms with E-state index in [1.165, 1.54) is 19.4 Å². The number of nitrogens with two attached hydrogens (primary N) is 1. The molecule has 1 aromatic rings. The Labute approximate surface area is 114 Å². The fraction of sp³-hybridized carbons (Fsp3) is 0.615. The van der Waals surface area contributed by atoms with Crippen LogP contribution in [0.4, 0.5) is 5.82 Å². The predicted octanol–water partition coefficient (Wildman–Crippen LogP) is 0.681. The molecule has 0 amide bonds. The predicted molar refractivity (Wildman–Crippen MR) is 76.6 cm³/mol. The van der Waals surface area contributed by atoms with Crippen LogP contribution >= 0.6 is 0 Å². The van der Waals surface area contributed by atoms with Crippen molar-refractivity contribution in [1.82, 2.24) is 14.9 Å². The van der Waals surface area contributed by atoms with Crippen molar-refractivity contribution in [3.05, 3.63) is 18.1 Å². The summed E-state index contributed by atoms with van der Waals surface area (Å²) >= 11 is 0.